The van der Waals surface area contributed by atoms with E-state index in [-0.39, 0.29) is 0 Å². The highest BCUT2D eigenvalue weighted by atomic mass is 32.1. The smallest absolute Gasteiger partial charge is 0.427 e. The SMILES string of the molecule is CCOC(=O)N/N=C\c1ccc(CC)s1. The molecule has 82 valence electrons. The predicted octanol–water partition coefficient (Wildman–Crippen LogP) is 2.39. The van der Waals surface area contributed by atoms with Gasteiger partial charge in [0.25, 0.3) is 0 Å². The maximum atomic E-state index is 10.9. The van der Waals surface area contributed by atoms with E-state index in [1.54, 1.807) is 24.5 Å². The van der Waals surface area contributed by atoms with Crippen LogP contribution in [0.1, 0.15) is 23.6 Å². The average Bonchev–Trinajstić information content (AvgIpc) is 2.66. The molecule has 0 unspecified atom stereocenters. The van der Waals surface area contributed by atoms with Crippen molar-refractivity contribution in [2.24, 2.45) is 5.10 Å². The van der Waals surface area contributed by atoms with E-state index < -0.39 is 6.09 Å². The van der Waals surface area contributed by atoms with Gasteiger partial charge in [0.1, 0.15) is 0 Å². The van der Waals surface area contributed by atoms with Crippen LogP contribution in [0, 0.1) is 0 Å². The number of aryl methyl sites for hydroxylation is 1. The van der Waals surface area contributed by atoms with E-state index in [0.29, 0.717) is 6.61 Å². The minimum Gasteiger partial charge on any atom is -0.449 e. The lowest BCUT2D eigenvalue weighted by molar-refractivity contribution is 0.152. The van der Waals surface area contributed by atoms with Crippen molar-refractivity contribution in [2.75, 3.05) is 6.61 Å². The third-order valence-electron chi connectivity index (χ3n) is 1.65. The summed E-state index contributed by atoms with van der Waals surface area (Å²) in [7, 11) is 0. The number of hydrogen-bond acceptors (Lipinski definition) is 4. The number of hydrazone groups is 1. The van der Waals surface area contributed by atoms with Crippen molar-refractivity contribution in [1.82, 2.24) is 5.43 Å². The summed E-state index contributed by atoms with van der Waals surface area (Å²) >= 11 is 1.66. The highest BCUT2D eigenvalue weighted by Gasteiger charge is 1.97. The Labute approximate surface area is 93.0 Å². The highest BCUT2D eigenvalue weighted by molar-refractivity contribution is 7.13. The van der Waals surface area contributed by atoms with Crippen LogP contribution in [0.25, 0.3) is 0 Å². The van der Waals surface area contributed by atoms with Gasteiger partial charge in [0, 0.05) is 9.75 Å². The second kappa shape index (κ2) is 6.19. The molecule has 0 fully saturated rings. The second-order valence-corrected chi connectivity index (χ2v) is 3.95. The average molecular weight is 226 g/mol. The normalized spacial score (nSPS) is 10.5. The summed E-state index contributed by atoms with van der Waals surface area (Å²) in [6.07, 6.45) is 2.10. The molecule has 0 aliphatic rings. The standard InChI is InChI=1S/C10H14N2O2S/c1-3-8-5-6-9(15-8)7-11-12-10(13)14-4-2/h5-7H,3-4H2,1-2H3,(H,12,13)/b11-7-. The second-order valence-electron chi connectivity index (χ2n) is 2.75. The van der Waals surface area contributed by atoms with Gasteiger partial charge in [-0.1, -0.05) is 6.92 Å². The van der Waals surface area contributed by atoms with Crippen LogP contribution < -0.4 is 5.43 Å². The Kier molecular flexibility index (Phi) is 4.83. The Morgan fingerprint density at radius 1 is 1.60 bits per heavy atom. The molecule has 0 bridgehead atoms. The van der Waals surface area contributed by atoms with Gasteiger partial charge in [0.2, 0.25) is 0 Å². The summed E-state index contributed by atoms with van der Waals surface area (Å²) in [4.78, 5) is 13.2. The molecule has 1 aromatic heterocycles. The zero-order chi connectivity index (χ0) is 11.1. The summed E-state index contributed by atoms with van der Waals surface area (Å²) in [6.45, 7) is 4.19. The van der Waals surface area contributed by atoms with E-state index in [1.807, 2.05) is 6.07 Å². The Balaban J connectivity index is 2.40. The minimum atomic E-state index is -0.527. The first-order valence-corrected chi connectivity index (χ1v) is 5.62. The van der Waals surface area contributed by atoms with E-state index in [1.165, 1.54) is 4.88 Å². The molecule has 0 saturated heterocycles. The van der Waals surface area contributed by atoms with Crippen LogP contribution in [0.5, 0.6) is 0 Å². The van der Waals surface area contributed by atoms with Crippen LogP contribution >= 0.6 is 11.3 Å². The molecule has 0 radical (unpaired) electrons. The molecule has 15 heavy (non-hydrogen) atoms. The Hall–Kier alpha value is -1.36. The van der Waals surface area contributed by atoms with Gasteiger partial charge in [-0.15, -0.1) is 11.3 Å². The largest absolute Gasteiger partial charge is 0.449 e. The van der Waals surface area contributed by atoms with Gasteiger partial charge in [-0.3, -0.25) is 0 Å². The molecule has 0 spiro atoms. The molecule has 4 nitrogen and oxygen atoms in total. The molecule has 0 aliphatic heterocycles. The van der Waals surface area contributed by atoms with Gasteiger partial charge in [0.05, 0.1) is 12.8 Å². The van der Waals surface area contributed by atoms with Crippen molar-refractivity contribution in [2.45, 2.75) is 20.3 Å². The first-order valence-electron chi connectivity index (χ1n) is 4.80. The number of thiophene rings is 1. The van der Waals surface area contributed by atoms with Crippen molar-refractivity contribution in [1.29, 1.82) is 0 Å². The minimum absolute atomic E-state index is 0.348. The van der Waals surface area contributed by atoms with Crippen molar-refractivity contribution in [3.8, 4) is 0 Å². The number of amides is 1. The molecular weight excluding hydrogens is 212 g/mol. The summed E-state index contributed by atoms with van der Waals surface area (Å²) in [5, 5.41) is 3.77. The number of nitrogens with one attached hydrogen (secondary N) is 1. The lowest BCUT2D eigenvalue weighted by Gasteiger charge is -1.97. The maximum Gasteiger partial charge on any atom is 0.427 e. The summed E-state index contributed by atoms with van der Waals surface area (Å²) in [5.41, 5.74) is 2.27. The first kappa shape index (κ1) is 11.7. The molecule has 0 saturated carbocycles. The topological polar surface area (TPSA) is 50.7 Å². The Morgan fingerprint density at radius 3 is 3.00 bits per heavy atom. The van der Waals surface area contributed by atoms with Gasteiger partial charge in [-0.25, -0.2) is 10.2 Å². The molecule has 0 atom stereocenters. The summed E-state index contributed by atoms with van der Waals surface area (Å²) < 4.78 is 4.65. The lowest BCUT2D eigenvalue weighted by atomic mass is 10.4. The molecular formula is C10H14N2O2S. The summed E-state index contributed by atoms with van der Waals surface area (Å²) in [6, 6.07) is 4.02. The van der Waals surface area contributed by atoms with Crippen molar-refractivity contribution < 1.29 is 9.53 Å². The fraction of sp³-hybridized carbons (Fsp3) is 0.400. The first-order chi connectivity index (χ1) is 7.26. The number of carbonyl (C=O) groups excluding carboxylic acids is 1. The van der Waals surface area contributed by atoms with Crippen molar-refractivity contribution in [3.63, 3.8) is 0 Å². The zero-order valence-electron chi connectivity index (χ0n) is 8.82. The van der Waals surface area contributed by atoms with E-state index in [0.717, 1.165) is 11.3 Å². The Morgan fingerprint density at radius 2 is 2.40 bits per heavy atom. The van der Waals surface area contributed by atoms with E-state index in [4.69, 9.17) is 0 Å². The van der Waals surface area contributed by atoms with Crippen LogP contribution in [0.3, 0.4) is 0 Å². The van der Waals surface area contributed by atoms with Crippen LogP contribution in [0.2, 0.25) is 0 Å². The summed E-state index contributed by atoms with van der Waals surface area (Å²) in [5.74, 6) is 0. The third-order valence-corrected chi connectivity index (χ3v) is 2.82. The molecule has 1 rings (SSSR count). The van der Waals surface area contributed by atoms with Crippen LogP contribution in [-0.2, 0) is 11.2 Å². The monoisotopic (exact) mass is 226 g/mol. The van der Waals surface area contributed by atoms with Crippen LogP contribution in [0.15, 0.2) is 17.2 Å². The number of carbonyl (C=O) groups is 1. The number of ether oxygens (including phenoxy) is 1. The van der Waals surface area contributed by atoms with Gasteiger partial charge in [-0.2, -0.15) is 5.10 Å². The van der Waals surface area contributed by atoms with Gasteiger partial charge >= 0.3 is 6.09 Å². The number of nitrogens with zero attached hydrogens (tertiary/aromatic N) is 1. The Bertz CT molecular complexity index is 347. The molecule has 0 aliphatic carbocycles. The number of rotatable bonds is 4. The van der Waals surface area contributed by atoms with Crippen LogP contribution in [0.4, 0.5) is 4.79 Å². The molecule has 1 amide bonds. The molecule has 1 N–H and O–H groups in total. The van der Waals surface area contributed by atoms with Crippen molar-refractivity contribution in [3.05, 3.63) is 21.9 Å². The molecule has 0 aromatic carbocycles. The van der Waals surface area contributed by atoms with Crippen LogP contribution in [-0.4, -0.2) is 18.9 Å². The third kappa shape index (κ3) is 4.12. The lowest BCUT2D eigenvalue weighted by Crippen LogP contribution is -2.18. The highest BCUT2D eigenvalue weighted by Crippen LogP contribution is 2.14. The quantitative estimate of drug-likeness (QED) is 0.633. The zero-order valence-corrected chi connectivity index (χ0v) is 9.63. The van der Waals surface area contributed by atoms with Gasteiger partial charge < -0.3 is 4.74 Å². The van der Waals surface area contributed by atoms with E-state index >= 15 is 0 Å². The predicted molar refractivity (Wildman–Crippen MR) is 61.4 cm³/mol. The maximum absolute atomic E-state index is 10.9. The van der Waals surface area contributed by atoms with E-state index in [9.17, 15) is 4.79 Å². The number of hydrogen-bond donors (Lipinski definition) is 1. The van der Waals surface area contributed by atoms with Crippen molar-refractivity contribution >= 4 is 23.6 Å². The molecule has 5 heteroatoms. The fourth-order valence-corrected chi connectivity index (χ4v) is 1.79. The van der Waals surface area contributed by atoms with Gasteiger partial charge in [-0.05, 0) is 25.5 Å². The molecule has 1 heterocycles. The van der Waals surface area contributed by atoms with Gasteiger partial charge in [0.15, 0.2) is 0 Å². The molecule has 1 aromatic rings. The van der Waals surface area contributed by atoms with E-state index in [2.05, 4.69) is 28.3 Å². The fourth-order valence-electron chi connectivity index (χ4n) is 0.966.